The quantitative estimate of drug-likeness (QED) is 0.122. The predicted molar refractivity (Wildman–Crippen MR) is 192 cm³/mol. The van der Waals surface area contributed by atoms with Gasteiger partial charge in [0.05, 0.1) is 37.0 Å². The molecule has 50 heavy (non-hydrogen) atoms. The number of carbonyl (C=O) groups excluding carboxylic acids is 3. The Hall–Kier alpha value is -3.95. The molecule has 8 atom stereocenters. The first-order valence-corrected chi connectivity index (χ1v) is 18.0. The van der Waals surface area contributed by atoms with E-state index in [1.807, 2.05) is 39.8 Å². The van der Waals surface area contributed by atoms with Gasteiger partial charge < -0.3 is 23.8 Å². The summed E-state index contributed by atoms with van der Waals surface area (Å²) >= 11 is 0. The van der Waals surface area contributed by atoms with Crippen molar-refractivity contribution in [1.29, 1.82) is 0 Å². The summed E-state index contributed by atoms with van der Waals surface area (Å²) in [4.78, 5) is 53.0. The molecule has 1 aromatic carbocycles. The van der Waals surface area contributed by atoms with Crippen molar-refractivity contribution in [2.24, 2.45) is 35.0 Å². The Morgan fingerprint density at radius 3 is 2.42 bits per heavy atom. The molecule has 272 valence electrons. The molecular formula is C40H55N3O7. The Morgan fingerprint density at radius 1 is 1.04 bits per heavy atom. The lowest BCUT2D eigenvalue weighted by atomic mass is 9.77. The molecule has 10 nitrogen and oxygen atoms in total. The number of hydrogen-bond donors (Lipinski definition) is 0. The van der Waals surface area contributed by atoms with E-state index in [0.29, 0.717) is 40.2 Å². The molecule has 0 N–H and O–H groups in total. The van der Waals surface area contributed by atoms with Crippen molar-refractivity contribution in [1.82, 2.24) is 14.9 Å². The summed E-state index contributed by atoms with van der Waals surface area (Å²) in [5, 5.41) is 0. The van der Waals surface area contributed by atoms with E-state index in [1.165, 1.54) is 6.42 Å². The maximum atomic E-state index is 14.6. The SMILES string of the molecule is C=CCCC[C@H]1[C@@H]2C[C@@H]2C[C@@H]1OC(=O)C[C@H](C(=O)N1C[C@H](Oc2nc3cc(OC)ccc3nc2C=C)[C@@H](C)[C@H]1C(=O)OC(C)(C)C)C(C)(C)C. The number of unbranched alkanes of at least 4 members (excludes halogenated alkanes) is 1. The van der Waals surface area contributed by atoms with Crippen molar-refractivity contribution < 1.29 is 33.3 Å². The number of ether oxygens (including phenoxy) is 4. The standard InChI is InChI=1S/C40H55N3O7/c1-11-13-14-15-26-27-18-24(27)19-32(26)48-34(44)21-28(39(4,5)6)37(45)43-22-33(23(3)35(43)38(46)50-40(7,8)9)49-36-29(12-2)41-30-17-16-25(47-10)20-31(30)42-36/h11-12,16-17,20,23-24,26-28,32-33,35H,1-2,13-15,18-19,21-22H2,3-10H3/t23-,24-,26+,27-,28-,32+,33+,35+/m1/s1. The minimum absolute atomic E-state index is 0.0798. The Labute approximate surface area is 297 Å². The van der Waals surface area contributed by atoms with Crippen LogP contribution in [0.1, 0.15) is 92.7 Å². The first-order chi connectivity index (χ1) is 23.5. The molecule has 10 heteroatoms. The lowest BCUT2D eigenvalue weighted by Gasteiger charge is -2.35. The molecular weight excluding hydrogens is 634 g/mol. The molecule has 2 heterocycles. The highest BCUT2D eigenvalue weighted by Gasteiger charge is 2.55. The molecule has 2 aromatic rings. The van der Waals surface area contributed by atoms with Crippen LogP contribution in [0.25, 0.3) is 17.1 Å². The second-order valence-electron chi connectivity index (χ2n) is 16.4. The Kier molecular flexibility index (Phi) is 11.0. The maximum absolute atomic E-state index is 14.6. The molecule has 0 radical (unpaired) electrons. The van der Waals surface area contributed by atoms with Crippen LogP contribution in [0.3, 0.4) is 0 Å². The van der Waals surface area contributed by atoms with Crippen LogP contribution in [0.5, 0.6) is 11.6 Å². The number of aromatic nitrogens is 2. The van der Waals surface area contributed by atoms with Crippen LogP contribution in [-0.2, 0) is 23.9 Å². The molecule has 3 aliphatic rings. The minimum Gasteiger partial charge on any atom is -0.497 e. The van der Waals surface area contributed by atoms with E-state index in [9.17, 15) is 14.4 Å². The van der Waals surface area contributed by atoms with Crippen molar-refractivity contribution in [3.8, 4) is 11.6 Å². The summed E-state index contributed by atoms with van der Waals surface area (Å²) in [6.45, 7) is 20.9. The first kappa shape index (κ1) is 37.3. The Balaban J connectivity index is 1.39. The van der Waals surface area contributed by atoms with Crippen LogP contribution in [0.4, 0.5) is 0 Å². The fourth-order valence-corrected chi connectivity index (χ4v) is 7.75. The zero-order valence-corrected chi connectivity index (χ0v) is 31.1. The summed E-state index contributed by atoms with van der Waals surface area (Å²) in [6, 6.07) is 4.44. The van der Waals surface area contributed by atoms with Crippen molar-refractivity contribution in [2.75, 3.05) is 13.7 Å². The maximum Gasteiger partial charge on any atom is 0.329 e. The van der Waals surface area contributed by atoms with Gasteiger partial charge in [-0.1, -0.05) is 40.3 Å². The number of fused-ring (bicyclic) bond motifs is 2. The molecule has 0 bridgehead atoms. The molecule has 1 aromatic heterocycles. The van der Waals surface area contributed by atoms with Gasteiger partial charge in [0, 0.05) is 12.0 Å². The number of methoxy groups -OCH3 is 1. The van der Waals surface area contributed by atoms with Gasteiger partial charge >= 0.3 is 11.9 Å². The highest BCUT2D eigenvalue weighted by Crippen LogP contribution is 2.57. The molecule has 1 aliphatic heterocycles. The number of carbonyl (C=O) groups is 3. The molecule has 5 rings (SSSR count). The van der Waals surface area contributed by atoms with Crippen LogP contribution in [0.2, 0.25) is 0 Å². The zero-order valence-electron chi connectivity index (χ0n) is 31.1. The van der Waals surface area contributed by atoms with Crippen LogP contribution in [0.15, 0.2) is 37.4 Å². The van der Waals surface area contributed by atoms with Gasteiger partial charge in [-0.3, -0.25) is 9.59 Å². The summed E-state index contributed by atoms with van der Waals surface area (Å²) < 4.78 is 23.9. The van der Waals surface area contributed by atoms with Gasteiger partial charge in [-0.15, -0.1) is 6.58 Å². The van der Waals surface area contributed by atoms with E-state index in [0.717, 1.165) is 25.7 Å². The van der Waals surface area contributed by atoms with Crippen LogP contribution >= 0.6 is 0 Å². The fourth-order valence-electron chi connectivity index (χ4n) is 7.75. The highest BCUT2D eigenvalue weighted by atomic mass is 16.6. The van der Waals surface area contributed by atoms with Gasteiger partial charge in [0.15, 0.2) is 0 Å². The molecule has 1 saturated heterocycles. The van der Waals surface area contributed by atoms with Gasteiger partial charge in [0.25, 0.3) is 0 Å². The number of benzene rings is 1. The predicted octanol–water partition coefficient (Wildman–Crippen LogP) is 7.19. The molecule has 3 fully saturated rings. The molecule has 2 saturated carbocycles. The topological polar surface area (TPSA) is 117 Å². The number of rotatable bonds is 13. The van der Waals surface area contributed by atoms with Crippen molar-refractivity contribution in [2.45, 2.75) is 111 Å². The number of hydrogen-bond acceptors (Lipinski definition) is 9. The third-order valence-electron chi connectivity index (χ3n) is 10.5. The average molecular weight is 690 g/mol. The Morgan fingerprint density at radius 2 is 1.78 bits per heavy atom. The second-order valence-corrected chi connectivity index (χ2v) is 16.4. The minimum atomic E-state index is -0.940. The third-order valence-corrected chi connectivity index (χ3v) is 10.5. The normalized spacial score (nSPS) is 26.6. The van der Waals surface area contributed by atoms with Gasteiger partial charge in [-0.2, -0.15) is 0 Å². The third kappa shape index (κ3) is 8.32. The smallest absolute Gasteiger partial charge is 0.329 e. The first-order valence-electron chi connectivity index (χ1n) is 18.0. The second kappa shape index (κ2) is 14.7. The van der Waals surface area contributed by atoms with Crippen molar-refractivity contribution in [3.05, 3.63) is 43.1 Å². The van der Waals surface area contributed by atoms with Crippen LogP contribution < -0.4 is 9.47 Å². The summed E-state index contributed by atoms with van der Waals surface area (Å²) in [5.41, 5.74) is 0.281. The summed E-state index contributed by atoms with van der Waals surface area (Å²) in [7, 11) is 1.58. The molecule has 0 unspecified atom stereocenters. The van der Waals surface area contributed by atoms with E-state index in [4.69, 9.17) is 23.9 Å². The van der Waals surface area contributed by atoms with Gasteiger partial charge in [-0.05, 0) is 94.3 Å². The number of amides is 1. The molecule has 0 spiro atoms. The van der Waals surface area contributed by atoms with E-state index in [1.54, 1.807) is 51.0 Å². The summed E-state index contributed by atoms with van der Waals surface area (Å²) in [5.74, 6) is 0.0834. The number of nitrogens with zero attached hydrogens (tertiary/aromatic N) is 3. The lowest BCUT2D eigenvalue weighted by molar-refractivity contribution is -0.167. The largest absolute Gasteiger partial charge is 0.497 e. The van der Waals surface area contributed by atoms with E-state index in [-0.39, 0.29) is 36.8 Å². The van der Waals surface area contributed by atoms with E-state index >= 15 is 0 Å². The zero-order chi connectivity index (χ0) is 36.5. The summed E-state index contributed by atoms with van der Waals surface area (Å²) in [6.07, 6.45) is 7.78. The molecule has 1 amide bonds. The van der Waals surface area contributed by atoms with Gasteiger partial charge in [0.1, 0.15) is 35.3 Å². The number of likely N-dealkylation sites (tertiary alicyclic amines) is 1. The molecule has 2 aliphatic carbocycles. The van der Waals surface area contributed by atoms with E-state index in [2.05, 4.69) is 18.1 Å². The van der Waals surface area contributed by atoms with Gasteiger partial charge in [0.2, 0.25) is 11.8 Å². The highest BCUT2D eigenvalue weighted by molar-refractivity contribution is 5.89. The van der Waals surface area contributed by atoms with Gasteiger partial charge in [-0.25, -0.2) is 14.8 Å². The lowest BCUT2D eigenvalue weighted by Crippen LogP contribution is -2.50. The average Bonchev–Trinajstić information content (AvgIpc) is 3.61. The van der Waals surface area contributed by atoms with Crippen molar-refractivity contribution >= 4 is 35.0 Å². The van der Waals surface area contributed by atoms with Crippen molar-refractivity contribution in [3.63, 3.8) is 0 Å². The van der Waals surface area contributed by atoms with Crippen LogP contribution in [-0.4, -0.2) is 70.2 Å². The number of esters is 2. The fraction of sp³-hybridized carbons (Fsp3) is 0.625. The number of allylic oxidation sites excluding steroid dienone is 1. The Bertz CT molecular complexity index is 1610. The monoisotopic (exact) mass is 689 g/mol. The van der Waals surface area contributed by atoms with E-state index < -0.39 is 41.0 Å². The van der Waals surface area contributed by atoms with Crippen LogP contribution in [0, 0.1) is 35.0 Å².